The average molecular weight is 369 g/mol. The molecule has 144 valence electrons. The van der Waals surface area contributed by atoms with Gasteiger partial charge in [-0.15, -0.1) is 0 Å². The number of likely N-dealkylation sites (N-methyl/N-ethyl adjacent to an activating group) is 2. The van der Waals surface area contributed by atoms with Gasteiger partial charge < -0.3 is 20.2 Å². The quantitative estimate of drug-likeness (QED) is 0.747. The molecule has 0 saturated heterocycles. The number of anilines is 2. The monoisotopic (exact) mass is 369 g/mol. The third-order valence-electron chi connectivity index (χ3n) is 4.34. The van der Waals surface area contributed by atoms with Crippen LogP contribution in [0.15, 0.2) is 42.5 Å². The Morgan fingerprint density at radius 2 is 1.63 bits per heavy atom. The van der Waals surface area contributed by atoms with E-state index in [4.69, 9.17) is 0 Å². The van der Waals surface area contributed by atoms with Gasteiger partial charge in [-0.1, -0.05) is 17.7 Å². The minimum atomic E-state index is -1.02. The van der Waals surface area contributed by atoms with Crippen molar-refractivity contribution in [1.82, 2.24) is 4.90 Å². The molecule has 0 aromatic heterocycles. The molecule has 0 fully saturated rings. The van der Waals surface area contributed by atoms with Crippen LogP contribution in [0.5, 0.6) is 0 Å². The highest BCUT2D eigenvalue weighted by atomic mass is 16.4. The van der Waals surface area contributed by atoms with E-state index in [1.807, 2.05) is 40.1 Å². The van der Waals surface area contributed by atoms with Crippen molar-refractivity contribution in [2.45, 2.75) is 13.8 Å². The van der Waals surface area contributed by atoms with Gasteiger partial charge in [-0.05, 0) is 58.3 Å². The predicted octanol–water partition coefficient (Wildman–Crippen LogP) is 3.33. The summed E-state index contributed by atoms with van der Waals surface area (Å²) >= 11 is 0. The molecule has 1 amide bonds. The number of hydrogen-bond acceptors (Lipinski definition) is 4. The summed E-state index contributed by atoms with van der Waals surface area (Å²) in [5, 5.41) is 12.2. The highest BCUT2D eigenvalue weighted by Gasteiger charge is 2.16. The number of amides is 1. The van der Waals surface area contributed by atoms with Crippen LogP contribution in [0.3, 0.4) is 0 Å². The van der Waals surface area contributed by atoms with Gasteiger partial charge in [0.15, 0.2) is 0 Å². The number of benzene rings is 2. The minimum Gasteiger partial charge on any atom is -0.478 e. The van der Waals surface area contributed by atoms with Crippen molar-refractivity contribution in [2.24, 2.45) is 0 Å². The number of hydrogen-bond donors (Lipinski definition) is 2. The highest BCUT2D eigenvalue weighted by molar-refractivity contribution is 6.06. The van der Waals surface area contributed by atoms with Crippen LogP contribution in [0.2, 0.25) is 0 Å². The van der Waals surface area contributed by atoms with Gasteiger partial charge in [0.1, 0.15) is 0 Å². The van der Waals surface area contributed by atoms with E-state index in [0.29, 0.717) is 11.3 Å². The van der Waals surface area contributed by atoms with E-state index in [9.17, 15) is 14.7 Å². The maximum absolute atomic E-state index is 12.7. The van der Waals surface area contributed by atoms with Crippen LogP contribution in [0.1, 0.15) is 33.2 Å². The first kappa shape index (κ1) is 20.5. The standard InChI is InChI=1S/C21H27N3O3/c1-5-24(13-12-23(3)4)19-11-10-17(21(26)27)14-18(19)22-20(25)16-8-6-15(2)7-9-16/h6-11,14H,5,12-13H2,1-4H3,(H,22,25)(H,26,27). The Morgan fingerprint density at radius 1 is 1.00 bits per heavy atom. The van der Waals surface area contributed by atoms with Gasteiger partial charge >= 0.3 is 5.97 Å². The summed E-state index contributed by atoms with van der Waals surface area (Å²) in [6.45, 7) is 6.35. The number of nitrogens with one attached hydrogen (secondary N) is 1. The molecule has 0 aliphatic rings. The fourth-order valence-electron chi connectivity index (χ4n) is 2.71. The van der Waals surface area contributed by atoms with Crippen molar-refractivity contribution in [3.8, 4) is 0 Å². The van der Waals surface area contributed by atoms with Crippen molar-refractivity contribution in [2.75, 3.05) is 43.9 Å². The molecule has 0 aliphatic heterocycles. The zero-order chi connectivity index (χ0) is 20.0. The van der Waals surface area contributed by atoms with Gasteiger partial charge in [-0.25, -0.2) is 4.79 Å². The number of aromatic carboxylic acids is 1. The second-order valence-corrected chi connectivity index (χ2v) is 6.74. The average Bonchev–Trinajstić information content (AvgIpc) is 2.63. The van der Waals surface area contributed by atoms with Crippen LogP contribution < -0.4 is 10.2 Å². The summed E-state index contributed by atoms with van der Waals surface area (Å²) in [6.07, 6.45) is 0. The van der Waals surface area contributed by atoms with Crippen molar-refractivity contribution in [3.63, 3.8) is 0 Å². The van der Waals surface area contributed by atoms with Gasteiger partial charge in [0.25, 0.3) is 5.91 Å². The van der Waals surface area contributed by atoms with Gasteiger partial charge in [0.2, 0.25) is 0 Å². The fraction of sp³-hybridized carbons (Fsp3) is 0.333. The minimum absolute atomic E-state index is 0.140. The molecule has 0 saturated carbocycles. The maximum Gasteiger partial charge on any atom is 0.335 e. The Hall–Kier alpha value is -2.86. The molecule has 27 heavy (non-hydrogen) atoms. The van der Waals surface area contributed by atoms with Gasteiger partial charge in [0, 0.05) is 25.2 Å². The number of aryl methyl sites for hydroxylation is 1. The third-order valence-corrected chi connectivity index (χ3v) is 4.34. The molecule has 2 aromatic carbocycles. The number of rotatable bonds is 8. The largest absolute Gasteiger partial charge is 0.478 e. The summed E-state index contributed by atoms with van der Waals surface area (Å²) < 4.78 is 0. The van der Waals surface area contributed by atoms with Crippen LogP contribution in [-0.2, 0) is 0 Å². The fourth-order valence-corrected chi connectivity index (χ4v) is 2.71. The Kier molecular flexibility index (Phi) is 6.96. The molecular weight excluding hydrogens is 342 g/mol. The lowest BCUT2D eigenvalue weighted by Gasteiger charge is -2.27. The van der Waals surface area contributed by atoms with Crippen molar-refractivity contribution in [3.05, 3.63) is 59.2 Å². The van der Waals surface area contributed by atoms with Gasteiger partial charge in [-0.2, -0.15) is 0 Å². The first-order valence-electron chi connectivity index (χ1n) is 8.97. The van der Waals surface area contributed by atoms with E-state index in [-0.39, 0.29) is 11.5 Å². The SMILES string of the molecule is CCN(CCN(C)C)c1ccc(C(=O)O)cc1NC(=O)c1ccc(C)cc1. The van der Waals surface area contributed by atoms with E-state index >= 15 is 0 Å². The van der Waals surface area contributed by atoms with Gasteiger partial charge in [0.05, 0.1) is 16.9 Å². The van der Waals surface area contributed by atoms with Crippen LogP contribution in [-0.4, -0.2) is 55.6 Å². The predicted molar refractivity (Wildman–Crippen MR) is 109 cm³/mol. The second-order valence-electron chi connectivity index (χ2n) is 6.74. The topological polar surface area (TPSA) is 72.9 Å². The molecule has 0 heterocycles. The van der Waals surface area contributed by atoms with Crippen molar-refractivity contribution >= 4 is 23.3 Å². The molecule has 0 radical (unpaired) electrons. The number of carbonyl (C=O) groups excluding carboxylic acids is 1. The molecule has 0 aliphatic carbocycles. The van der Waals surface area contributed by atoms with Crippen LogP contribution >= 0.6 is 0 Å². The zero-order valence-corrected chi connectivity index (χ0v) is 16.3. The van der Waals surface area contributed by atoms with E-state index in [1.54, 1.807) is 24.3 Å². The Labute approximate surface area is 160 Å². The van der Waals surface area contributed by atoms with E-state index in [2.05, 4.69) is 15.1 Å². The lowest BCUT2D eigenvalue weighted by Crippen LogP contribution is -2.32. The third kappa shape index (κ3) is 5.56. The summed E-state index contributed by atoms with van der Waals surface area (Å²) in [6, 6.07) is 12.1. The van der Waals surface area contributed by atoms with Crippen LogP contribution in [0, 0.1) is 6.92 Å². The molecule has 0 bridgehead atoms. The van der Waals surface area contributed by atoms with Crippen LogP contribution in [0.25, 0.3) is 0 Å². The maximum atomic E-state index is 12.7. The summed E-state index contributed by atoms with van der Waals surface area (Å²) in [4.78, 5) is 28.2. The molecule has 0 unspecified atom stereocenters. The number of carboxylic acid groups (broad SMARTS) is 1. The van der Waals surface area contributed by atoms with Crippen molar-refractivity contribution in [1.29, 1.82) is 0 Å². The van der Waals surface area contributed by atoms with E-state index < -0.39 is 5.97 Å². The van der Waals surface area contributed by atoms with Gasteiger partial charge in [-0.3, -0.25) is 4.79 Å². The lowest BCUT2D eigenvalue weighted by molar-refractivity contribution is 0.0696. The van der Waals surface area contributed by atoms with E-state index in [1.165, 1.54) is 6.07 Å². The molecule has 0 atom stereocenters. The summed E-state index contributed by atoms with van der Waals surface area (Å²) in [5.41, 5.74) is 3.05. The van der Waals surface area contributed by atoms with E-state index in [0.717, 1.165) is 30.9 Å². The zero-order valence-electron chi connectivity index (χ0n) is 16.3. The molecule has 0 spiro atoms. The smallest absolute Gasteiger partial charge is 0.335 e. The molecule has 2 N–H and O–H groups in total. The number of nitrogens with zero attached hydrogens (tertiary/aromatic N) is 2. The molecular formula is C21H27N3O3. The Balaban J connectivity index is 2.35. The molecule has 2 aromatic rings. The number of carboxylic acids is 1. The summed E-state index contributed by atoms with van der Waals surface area (Å²) in [7, 11) is 4.00. The molecule has 2 rings (SSSR count). The second kappa shape index (κ2) is 9.19. The summed E-state index contributed by atoms with van der Waals surface area (Å²) in [5.74, 6) is -1.29. The Bertz CT molecular complexity index is 801. The molecule has 6 nitrogen and oxygen atoms in total. The first-order chi connectivity index (χ1) is 12.8. The highest BCUT2D eigenvalue weighted by Crippen LogP contribution is 2.28. The first-order valence-corrected chi connectivity index (χ1v) is 8.97. The molecule has 6 heteroatoms. The van der Waals surface area contributed by atoms with Crippen molar-refractivity contribution < 1.29 is 14.7 Å². The normalized spacial score (nSPS) is 10.7. The number of carbonyl (C=O) groups is 2. The lowest BCUT2D eigenvalue weighted by atomic mass is 10.1. The van der Waals surface area contributed by atoms with Crippen LogP contribution in [0.4, 0.5) is 11.4 Å². The Morgan fingerprint density at radius 3 is 2.19 bits per heavy atom.